The summed E-state index contributed by atoms with van der Waals surface area (Å²) in [5.41, 5.74) is 3.35. The van der Waals surface area contributed by atoms with E-state index in [1.54, 1.807) is 0 Å². The highest BCUT2D eigenvalue weighted by atomic mass is 16.2. The van der Waals surface area contributed by atoms with Crippen LogP contribution in [0.2, 0.25) is 0 Å². The molecule has 28 heavy (non-hydrogen) atoms. The molecule has 0 saturated carbocycles. The predicted octanol–water partition coefficient (Wildman–Crippen LogP) is 3.65. The SMILES string of the molecule is Cc1ccc(C(=O)N2CCCC2)c(C2CCN(C(=O)c3ccccc3)CC2)n1. The number of aryl methyl sites for hydroxylation is 1. The van der Waals surface area contributed by atoms with Crippen molar-refractivity contribution in [1.29, 1.82) is 0 Å². The zero-order valence-electron chi connectivity index (χ0n) is 16.4. The number of hydrogen-bond donors (Lipinski definition) is 0. The highest BCUT2D eigenvalue weighted by Gasteiger charge is 2.30. The lowest BCUT2D eigenvalue weighted by Crippen LogP contribution is -2.38. The Hall–Kier alpha value is -2.69. The third kappa shape index (κ3) is 3.79. The van der Waals surface area contributed by atoms with Crippen LogP contribution in [-0.2, 0) is 0 Å². The Kier molecular flexibility index (Phi) is 5.42. The molecule has 4 rings (SSSR count). The van der Waals surface area contributed by atoms with E-state index in [1.807, 2.05) is 59.2 Å². The molecule has 2 aliphatic rings. The van der Waals surface area contributed by atoms with Gasteiger partial charge in [-0.1, -0.05) is 18.2 Å². The number of carbonyl (C=O) groups excluding carboxylic acids is 2. The zero-order valence-corrected chi connectivity index (χ0v) is 16.4. The number of piperidine rings is 1. The van der Waals surface area contributed by atoms with E-state index in [4.69, 9.17) is 4.98 Å². The summed E-state index contributed by atoms with van der Waals surface area (Å²) in [5.74, 6) is 0.425. The van der Waals surface area contributed by atoms with E-state index in [0.717, 1.165) is 61.3 Å². The van der Waals surface area contributed by atoms with Crippen molar-refractivity contribution < 1.29 is 9.59 Å². The van der Waals surface area contributed by atoms with Gasteiger partial charge in [-0.2, -0.15) is 0 Å². The average Bonchev–Trinajstić information content (AvgIpc) is 3.28. The molecule has 0 N–H and O–H groups in total. The van der Waals surface area contributed by atoms with Crippen molar-refractivity contribution in [3.8, 4) is 0 Å². The first-order valence-corrected chi connectivity index (χ1v) is 10.2. The Labute approximate surface area is 166 Å². The smallest absolute Gasteiger partial charge is 0.255 e. The molecule has 5 heteroatoms. The molecule has 1 aromatic carbocycles. The van der Waals surface area contributed by atoms with Gasteiger partial charge in [-0.15, -0.1) is 0 Å². The third-order valence-electron chi connectivity index (χ3n) is 5.88. The highest BCUT2D eigenvalue weighted by molar-refractivity contribution is 5.96. The van der Waals surface area contributed by atoms with E-state index >= 15 is 0 Å². The molecule has 5 nitrogen and oxygen atoms in total. The van der Waals surface area contributed by atoms with Gasteiger partial charge in [0.25, 0.3) is 11.8 Å². The van der Waals surface area contributed by atoms with Crippen LogP contribution in [0.5, 0.6) is 0 Å². The molecule has 146 valence electrons. The molecule has 2 aromatic rings. The molecular formula is C23H27N3O2. The summed E-state index contributed by atoms with van der Waals surface area (Å²) in [4.78, 5) is 34.3. The number of carbonyl (C=O) groups is 2. The predicted molar refractivity (Wildman–Crippen MR) is 108 cm³/mol. The van der Waals surface area contributed by atoms with Gasteiger partial charge in [-0.3, -0.25) is 14.6 Å². The molecule has 3 heterocycles. The van der Waals surface area contributed by atoms with Crippen molar-refractivity contribution >= 4 is 11.8 Å². The lowest BCUT2D eigenvalue weighted by atomic mass is 9.89. The standard InChI is InChI=1S/C23H27N3O2/c1-17-9-10-20(23(28)25-13-5-6-14-25)21(24-17)18-11-15-26(16-12-18)22(27)19-7-3-2-4-8-19/h2-4,7-10,18H,5-6,11-16H2,1H3. The number of aromatic nitrogens is 1. The second-order valence-corrected chi connectivity index (χ2v) is 7.82. The van der Waals surface area contributed by atoms with Crippen molar-refractivity contribution in [3.05, 3.63) is 65.0 Å². The van der Waals surface area contributed by atoms with E-state index in [0.29, 0.717) is 13.1 Å². The maximum atomic E-state index is 13.0. The molecule has 2 saturated heterocycles. The van der Waals surface area contributed by atoms with Crippen LogP contribution in [0, 0.1) is 6.92 Å². The van der Waals surface area contributed by atoms with Crippen LogP contribution in [0.25, 0.3) is 0 Å². The van der Waals surface area contributed by atoms with E-state index < -0.39 is 0 Å². The molecule has 0 radical (unpaired) electrons. The van der Waals surface area contributed by atoms with Gasteiger partial charge in [-0.25, -0.2) is 0 Å². The first kappa shape index (κ1) is 18.7. The molecule has 0 aliphatic carbocycles. The van der Waals surface area contributed by atoms with Crippen LogP contribution >= 0.6 is 0 Å². The van der Waals surface area contributed by atoms with E-state index in [2.05, 4.69) is 0 Å². The summed E-state index contributed by atoms with van der Waals surface area (Å²) >= 11 is 0. The number of amides is 2. The van der Waals surface area contributed by atoms with Crippen LogP contribution in [0.15, 0.2) is 42.5 Å². The van der Waals surface area contributed by atoms with Crippen molar-refractivity contribution in [2.45, 2.75) is 38.5 Å². The second kappa shape index (κ2) is 8.13. The Bertz CT molecular complexity index is 851. The van der Waals surface area contributed by atoms with Crippen LogP contribution in [0.1, 0.15) is 63.7 Å². The molecule has 0 bridgehead atoms. The van der Waals surface area contributed by atoms with Crippen LogP contribution in [0.4, 0.5) is 0 Å². The van der Waals surface area contributed by atoms with Gasteiger partial charge in [0.2, 0.25) is 0 Å². The lowest BCUT2D eigenvalue weighted by molar-refractivity contribution is 0.0707. The average molecular weight is 377 g/mol. The molecule has 2 fully saturated rings. The molecule has 0 spiro atoms. The summed E-state index contributed by atoms with van der Waals surface area (Å²) in [6.45, 7) is 5.06. The van der Waals surface area contributed by atoms with Crippen molar-refractivity contribution in [3.63, 3.8) is 0 Å². The van der Waals surface area contributed by atoms with Gasteiger partial charge in [0.05, 0.1) is 11.3 Å². The third-order valence-corrected chi connectivity index (χ3v) is 5.88. The Balaban J connectivity index is 1.49. The van der Waals surface area contributed by atoms with Gasteiger partial charge in [0.1, 0.15) is 0 Å². The molecule has 0 atom stereocenters. The maximum absolute atomic E-state index is 13.0. The minimum absolute atomic E-state index is 0.0876. The Morgan fingerprint density at radius 2 is 1.50 bits per heavy atom. The van der Waals surface area contributed by atoms with E-state index in [1.165, 1.54) is 0 Å². The van der Waals surface area contributed by atoms with Gasteiger partial charge >= 0.3 is 0 Å². The van der Waals surface area contributed by atoms with E-state index in [9.17, 15) is 9.59 Å². The second-order valence-electron chi connectivity index (χ2n) is 7.82. The highest BCUT2D eigenvalue weighted by Crippen LogP contribution is 2.31. The molecular weight excluding hydrogens is 350 g/mol. The van der Waals surface area contributed by atoms with Crippen LogP contribution < -0.4 is 0 Å². The topological polar surface area (TPSA) is 53.5 Å². The number of benzene rings is 1. The summed E-state index contributed by atoms with van der Waals surface area (Å²) < 4.78 is 0. The lowest BCUT2D eigenvalue weighted by Gasteiger charge is -2.33. The monoisotopic (exact) mass is 377 g/mol. The molecule has 1 aromatic heterocycles. The Morgan fingerprint density at radius 1 is 0.857 bits per heavy atom. The van der Waals surface area contributed by atoms with Crippen molar-refractivity contribution in [2.24, 2.45) is 0 Å². The summed E-state index contributed by atoms with van der Waals surface area (Å²) in [6, 6.07) is 13.3. The minimum Gasteiger partial charge on any atom is -0.339 e. The normalized spacial score (nSPS) is 17.8. The number of likely N-dealkylation sites (tertiary alicyclic amines) is 2. The first-order chi connectivity index (χ1) is 13.6. The number of nitrogens with zero attached hydrogens (tertiary/aromatic N) is 3. The van der Waals surface area contributed by atoms with Gasteiger partial charge in [0, 0.05) is 43.4 Å². The van der Waals surface area contributed by atoms with Crippen molar-refractivity contribution in [2.75, 3.05) is 26.2 Å². The van der Waals surface area contributed by atoms with Crippen LogP contribution in [0.3, 0.4) is 0 Å². The summed E-state index contributed by atoms with van der Waals surface area (Å²) in [6.07, 6.45) is 3.85. The van der Waals surface area contributed by atoms with Gasteiger partial charge in [-0.05, 0) is 56.9 Å². The van der Waals surface area contributed by atoms with E-state index in [-0.39, 0.29) is 17.7 Å². The fourth-order valence-corrected chi connectivity index (χ4v) is 4.28. The number of pyridine rings is 1. The van der Waals surface area contributed by atoms with Gasteiger partial charge < -0.3 is 9.80 Å². The fourth-order valence-electron chi connectivity index (χ4n) is 4.28. The largest absolute Gasteiger partial charge is 0.339 e. The quantitative estimate of drug-likeness (QED) is 0.820. The zero-order chi connectivity index (χ0) is 19.5. The van der Waals surface area contributed by atoms with Crippen molar-refractivity contribution in [1.82, 2.24) is 14.8 Å². The molecule has 2 amide bonds. The minimum atomic E-state index is 0.0876. The van der Waals surface area contributed by atoms with Crippen LogP contribution in [-0.4, -0.2) is 52.8 Å². The fraction of sp³-hybridized carbons (Fsp3) is 0.435. The number of rotatable bonds is 3. The molecule has 0 unspecified atom stereocenters. The summed E-state index contributed by atoms with van der Waals surface area (Å²) in [5, 5.41) is 0. The molecule has 2 aliphatic heterocycles. The summed E-state index contributed by atoms with van der Waals surface area (Å²) in [7, 11) is 0. The first-order valence-electron chi connectivity index (χ1n) is 10.2. The Morgan fingerprint density at radius 3 is 2.18 bits per heavy atom. The van der Waals surface area contributed by atoms with Gasteiger partial charge in [0.15, 0.2) is 0 Å². The number of hydrogen-bond acceptors (Lipinski definition) is 3. The maximum Gasteiger partial charge on any atom is 0.255 e.